The molecular weight excluding hydrogens is 330 g/mol. The van der Waals surface area contributed by atoms with Gasteiger partial charge in [-0.15, -0.1) is 0 Å². The van der Waals surface area contributed by atoms with Gasteiger partial charge in [-0.25, -0.2) is 8.42 Å². The van der Waals surface area contributed by atoms with Crippen molar-refractivity contribution in [3.05, 3.63) is 46.7 Å². The Hall–Kier alpha value is -1.60. The molecule has 0 amide bonds. The van der Waals surface area contributed by atoms with Crippen molar-refractivity contribution in [2.24, 2.45) is 0 Å². The second-order valence-electron chi connectivity index (χ2n) is 3.95. The van der Waals surface area contributed by atoms with Gasteiger partial charge in [-0.1, -0.05) is 12.1 Å². The Kier molecular flexibility index (Phi) is 3.77. The second kappa shape index (κ2) is 5.18. The second-order valence-corrected chi connectivity index (χ2v) is 6.43. The maximum absolute atomic E-state index is 12.4. The molecule has 0 atom stereocenters. The predicted octanol–water partition coefficient (Wildman–Crippen LogP) is 2.54. The lowest BCUT2D eigenvalue weighted by Gasteiger charge is -2.13. The zero-order valence-corrected chi connectivity index (χ0v) is 12.5. The molecule has 0 radical (unpaired) electrons. The first kappa shape index (κ1) is 13.8. The first-order valence-corrected chi connectivity index (χ1v) is 7.67. The minimum absolute atomic E-state index is 0.0960. The lowest BCUT2D eigenvalue weighted by molar-refractivity contribution is 0.601. The molecule has 100 valence electrons. The van der Waals surface area contributed by atoms with Gasteiger partial charge in [0, 0.05) is 12.4 Å². The summed E-state index contributed by atoms with van der Waals surface area (Å²) in [6, 6.07) is 6.54. The molecule has 3 N–H and O–H groups in total. The smallest absolute Gasteiger partial charge is 0.264 e. The summed E-state index contributed by atoms with van der Waals surface area (Å²) in [6.07, 6.45) is 3.02. The molecule has 2 rings (SSSR count). The van der Waals surface area contributed by atoms with Crippen molar-refractivity contribution in [1.82, 2.24) is 4.98 Å². The summed E-state index contributed by atoms with van der Waals surface area (Å²) in [5, 5.41) is 0. The van der Waals surface area contributed by atoms with Crippen LogP contribution in [0.25, 0.3) is 0 Å². The van der Waals surface area contributed by atoms with E-state index in [1.54, 1.807) is 31.2 Å². The topological polar surface area (TPSA) is 85.1 Å². The molecule has 5 nitrogen and oxygen atoms in total. The maximum atomic E-state index is 12.4. The van der Waals surface area contributed by atoms with E-state index in [2.05, 4.69) is 25.6 Å². The van der Waals surface area contributed by atoms with E-state index < -0.39 is 10.0 Å². The van der Waals surface area contributed by atoms with Crippen LogP contribution in [0, 0.1) is 6.92 Å². The van der Waals surface area contributed by atoms with Crippen LogP contribution >= 0.6 is 15.9 Å². The molecule has 0 aliphatic rings. The molecule has 1 heterocycles. The summed E-state index contributed by atoms with van der Waals surface area (Å²) in [7, 11) is -3.73. The Balaban J connectivity index is 2.47. The van der Waals surface area contributed by atoms with Gasteiger partial charge in [0.2, 0.25) is 0 Å². The summed E-state index contributed by atoms with van der Waals surface area (Å²) in [6.45, 7) is 1.70. The standard InChI is InChI=1S/C12H12BrN3O2S/c1-8-3-2-4-10(14)12(8)19(17,18)16-11-5-6-15-7-9(11)13/h2-7H,14H2,1H3,(H,15,16). The lowest BCUT2D eigenvalue weighted by atomic mass is 10.2. The Morgan fingerprint density at radius 3 is 2.68 bits per heavy atom. The number of rotatable bonds is 3. The van der Waals surface area contributed by atoms with Crippen molar-refractivity contribution in [2.45, 2.75) is 11.8 Å². The predicted molar refractivity (Wildman–Crippen MR) is 78.3 cm³/mol. The molecule has 19 heavy (non-hydrogen) atoms. The number of nitrogens with two attached hydrogens (primary N) is 1. The van der Waals surface area contributed by atoms with E-state index in [-0.39, 0.29) is 10.6 Å². The van der Waals surface area contributed by atoms with Crippen LogP contribution in [0.5, 0.6) is 0 Å². The van der Waals surface area contributed by atoms with Gasteiger partial charge in [-0.3, -0.25) is 9.71 Å². The van der Waals surface area contributed by atoms with Crippen molar-refractivity contribution in [2.75, 3.05) is 10.5 Å². The summed E-state index contributed by atoms with van der Waals surface area (Å²) >= 11 is 3.24. The average Bonchev–Trinajstić information content (AvgIpc) is 2.31. The number of aryl methyl sites for hydroxylation is 1. The maximum Gasteiger partial charge on any atom is 0.264 e. The summed E-state index contributed by atoms with van der Waals surface area (Å²) in [5.41, 5.74) is 6.99. The monoisotopic (exact) mass is 341 g/mol. The van der Waals surface area contributed by atoms with Crippen LogP contribution in [-0.2, 0) is 10.0 Å². The van der Waals surface area contributed by atoms with Gasteiger partial charge < -0.3 is 5.73 Å². The minimum atomic E-state index is -3.73. The largest absolute Gasteiger partial charge is 0.398 e. The normalized spacial score (nSPS) is 11.3. The van der Waals surface area contributed by atoms with E-state index >= 15 is 0 Å². The number of nitrogen functional groups attached to an aromatic ring is 1. The summed E-state index contributed by atoms with van der Waals surface area (Å²) < 4.78 is 27.8. The molecule has 0 fully saturated rings. The zero-order valence-electron chi connectivity index (χ0n) is 10.1. The Bertz CT molecular complexity index is 696. The van der Waals surface area contributed by atoms with Gasteiger partial charge in [-0.2, -0.15) is 0 Å². The number of halogens is 1. The van der Waals surface area contributed by atoms with E-state index in [1.807, 2.05) is 0 Å². The van der Waals surface area contributed by atoms with Crippen molar-refractivity contribution in [3.8, 4) is 0 Å². The van der Waals surface area contributed by atoms with Crippen molar-refractivity contribution in [1.29, 1.82) is 0 Å². The van der Waals surface area contributed by atoms with Crippen LogP contribution in [0.1, 0.15) is 5.56 Å². The molecule has 0 aliphatic carbocycles. The third-order valence-electron chi connectivity index (χ3n) is 2.53. The van der Waals surface area contributed by atoms with Gasteiger partial charge in [0.15, 0.2) is 0 Å². The number of hydrogen-bond acceptors (Lipinski definition) is 4. The Labute approximate surface area is 120 Å². The molecule has 0 spiro atoms. The number of benzene rings is 1. The number of pyridine rings is 1. The van der Waals surface area contributed by atoms with E-state index in [0.717, 1.165) is 0 Å². The summed E-state index contributed by atoms with van der Waals surface area (Å²) in [4.78, 5) is 3.97. The third-order valence-corrected chi connectivity index (χ3v) is 4.74. The summed E-state index contributed by atoms with van der Waals surface area (Å²) in [5.74, 6) is 0. The van der Waals surface area contributed by atoms with Crippen molar-refractivity contribution in [3.63, 3.8) is 0 Å². The highest BCUT2D eigenvalue weighted by molar-refractivity contribution is 9.10. The number of sulfonamides is 1. The van der Waals surface area contributed by atoms with Crippen LogP contribution in [-0.4, -0.2) is 13.4 Å². The van der Waals surface area contributed by atoms with Crippen LogP contribution in [0.3, 0.4) is 0 Å². The average molecular weight is 342 g/mol. The third kappa shape index (κ3) is 2.87. The fourth-order valence-electron chi connectivity index (χ4n) is 1.70. The van der Waals surface area contributed by atoms with Gasteiger partial charge in [0.1, 0.15) is 4.90 Å². The molecule has 2 aromatic rings. The Morgan fingerprint density at radius 2 is 2.05 bits per heavy atom. The highest BCUT2D eigenvalue weighted by atomic mass is 79.9. The fourth-order valence-corrected chi connectivity index (χ4v) is 3.62. The highest BCUT2D eigenvalue weighted by Gasteiger charge is 2.20. The number of nitrogens with one attached hydrogen (secondary N) is 1. The SMILES string of the molecule is Cc1cccc(N)c1S(=O)(=O)Nc1ccncc1Br. The highest BCUT2D eigenvalue weighted by Crippen LogP contribution is 2.27. The van der Waals surface area contributed by atoms with E-state index in [9.17, 15) is 8.42 Å². The van der Waals surface area contributed by atoms with Crippen LogP contribution < -0.4 is 10.5 Å². The van der Waals surface area contributed by atoms with Crippen LogP contribution in [0.2, 0.25) is 0 Å². The number of anilines is 2. The van der Waals surface area contributed by atoms with Gasteiger partial charge in [0.25, 0.3) is 10.0 Å². The first-order chi connectivity index (χ1) is 8.92. The number of nitrogens with zero attached hydrogens (tertiary/aromatic N) is 1. The van der Waals surface area contributed by atoms with Crippen molar-refractivity contribution >= 4 is 37.3 Å². The van der Waals surface area contributed by atoms with Gasteiger partial charge in [0.05, 0.1) is 15.8 Å². The van der Waals surface area contributed by atoms with Gasteiger partial charge in [-0.05, 0) is 40.5 Å². The molecule has 0 saturated heterocycles. The number of aromatic nitrogens is 1. The molecule has 1 aromatic carbocycles. The zero-order chi connectivity index (χ0) is 14.0. The molecule has 0 unspecified atom stereocenters. The molecule has 0 saturated carbocycles. The van der Waals surface area contributed by atoms with E-state index in [4.69, 9.17) is 5.73 Å². The van der Waals surface area contributed by atoms with E-state index in [0.29, 0.717) is 15.7 Å². The van der Waals surface area contributed by atoms with Crippen molar-refractivity contribution < 1.29 is 8.42 Å². The molecule has 0 aliphatic heterocycles. The van der Waals surface area contributed by atoms with Crippen LogP contribution in [0.4, 0.5) is 11.4 Å². The van der Waals surface area contributed by atoms with Crippen LogP contribution in [0.15, 0.2) is 46.0 Å². The number of hydrogen-bond donors (Lipinski definition) is 2. The molecule has 1 aromatic heterocycles. The fraction of sp³-hybridized carbons (Fsp3) is 0.0833. The van der Waals surface area contributed by atoms with E-state index in [1.165, 1.54) is 12.4 Å². The lowest BCUT2D eigenvalue weighted by Crippen LogP contribution is -2.16. The first-order valence-electron chi connectivity index (χ1n) is 5.39. The molecule has 7 heteroatoms. The van der Waals surface area contributed by atoms with Gasteiger partial charge >= 0.3 is 0 Å². The molecule has 0 bridgehead atoms. The Morgan fingerprint density at radius 1 is 1.32 bits per heavy atom. The minimum Gasteiger partial charge on any atom is -0.398 e. The molecular formula is C12H12BrN3O2S. The quantitative estimate of drug-likeness (QED) is 0.840.